The third-order valence-electron chi connectivity index (χ3n) is 3.77. The fraction of sp³-hybridized carbons (Fsp3) is 0.333. The second kappa shape index (κ2) is 6.81. The number of terminal acetylenes is 2. The largest absolute Gasteiger partial charge is 0.462 e. The number of nitrogens with zero attached hydrogens (tertiary/aromatic N) is 1. The zero-order chi connectivity index (χ0) is 17.0. The summed E-state index contributed by atoms with van der Waals surface area (Å²) in [5.74, 6) is 4.40. The molecule has 0 aliphatic carbocycles. The number of hydrogen-bond acceptors (Lipinski definition) is 4. The Hall–Kier alpha value is -2.37. The molecule has 5 heteroatoms. The van der Waals surface area contributed by atoms with Crippen LogP contribution in [-0.2, 0) is 14.3 Å². The molecule has 1 aliphatic rings. The molecule has 1 amide bonds. The van der Waals surface area contributed by atoms with Crippen molar-refractivity contribution >= 4 is 29.3 Å². The van der Waals surface area contributed by atoms with E-state index in [9.17, 15) is 9.59 Å². The van der Waals surface area contributed by atoms with Crippen LogP contribution in [0, 0.1) is 24.7 Å². The molecule has 0 saturated heterocycles. The molecule has 0 fully saturated rings. The molecule has 1 aromatic rings. The van der Waals surface area contributed by atoms with E-state index >= 15 is 0 Å². The highest BCUT2D eigenvalue weighted by atomic mass is 32.2. The van der Waals surface area contributed by atoms with Gasteiger partial charge in [0.25, 0.3) is 0 Å². The molecule has 4 nitrogen and oxygen atoms in total. The van der Waals surface area contributed by atoms with E-state index in [0.29, 0.717) is 16.8 Å². The van der Waals surface area contributed by atoms with Gasteiger partial charge in [-0.2, -0.15) is 0 Å². The molecule has 0 radical (unpaired) electrons. The summed E-state index contributed by atoms with van der Waals surface area (Å²) in [6.07, 6.45) is 12.9. The molecule has 1 heterocycles. The summed E-state index contributed by atoms with van der Waals surface area (Å²) in [6, 6.07) is 5.15. The third-order valence-corrected chi connectivity index (χ3v) is 4.99. The van der Waals surface area contributed by atoms with Gasteiger partial charge in [0.05, 0.1) is 24.4 Å². The summed E-state index contributed by atoms with van der Waals surface area (Å²) < 4.78 is 4.12. The fourth-order valence-corrected chi connectivity index (χ4v) is 3.75. The van der Waals surface area contributed by atoms with Crippen molar-refractivity contribution in [2.75, 3.05) is 24.3 Å². The van der Waals surface area contributed by atoms with Gasteiger partial charge in [0.2, 0.25) is 5.91 Å². The van der Waals surface area contributed by atoms with Crippen LogP contribution in [0.25, 0.3) is 0 Å². The van der Waals surface area contributed by atoms with Gasteiger partial charge in [-0.1, -0.05) is 12.0 Å². The molecule has 23 heavy (non-hydrogen) atoms. The number of hydrogen-bond donors (Lipinski definition) is 0. The number of anilines is 1. The van der Waals surface area contributed by atoms with Crippen molar-refractivity contribution in [2.24, 2.45) is 0 Å². The predicted molar refractivity (Wildman–Crippen MR) is 92.2 cm³/mol. The van der Waals surface area contributed by atoms with E-state index in [1.165, 1.54) is 16.7 Å². The van der Waals surface area contributed by atoms with Gasteiger partial charge >= 0.3 is 5.97 Å². The molecule has 0 spiro atoms. The molecule has 1 atom stereocenters. The van der Waals surface area contributed by atoms with Gasteiger partial charge in [-0.25, -0.2) is 4.79 Å². The van der Waals surface area contributed by atoms with E-state index in [1.54, 1.807) is 31.4 Å². The molecule has 0 saturated carbocycles. The van der Waals surface area contributed by atoms with E-state index < -0.39 is 10.7 Å². The Labute approximate surface area is 140 Å². The number of benzene rings is 1. The molecule has 1 unspecified atom stereocenters. The highest BCUT2D eigenvalue weighted by Crippen LogP contribution is 2.51. The van der Waals surface area contributed by atoms with Crippen molar-refractivity contribution < 1.29 is 14.3 Å². The smallest absolute Gasteiger partial charge is 0.338 e. The van der Waals surface area contributed by atoms with E-state index in [1.807, 2.05) is 0 Å². The van der Waals surface area contributed by atoms with Crippen LogP contribution in [0.4, 0.5) is 5.69 Å². The highest BCUT2D eigenvalue weighted by Gasteiger charge is 2.52. The summed E-state index contributed by atoms with van der Waals surface area (Å²) in [7, 11) is 0. The molecule has 118 valence electrons. The summed E-state index contributed by atoms with van der Waals surface area (Å²) in [4.78, 5) is 26.8. The van der Waals surface area contributed by atoms with Crippen molar-refractivity contribution in [3.05, 3.63) is 29.3 Å². The number of ether oxygens (including phenoxy) is 1. The topological polar surface area (TPSA) is 46.6 Å². The Morgan fingerprint density at radius 3 is 2.70 bits per heavy atom. The van der Waals surface area contributed by atoms with Gasteiger partial charge in [-0.3, -0.25) is 9.69 Å². The number of thioether (sulfide) groups is 1. The first-order valence-electron chi connectivity index (χ1n) is 7.12. The molecule has 2 rings (SSSR count). The molecule has 0 aromatic heterocycles. The molecule has 1 aliphatic heterocycles. The maximum atomic E-state index is 13.0. The molecule has 0 N–H and O–H groups in total. The van der Waals surface area contributed by atoms with Gasteiger partial charge in [-0.05, 0) is 25.3 Å². The fourth-order valence-electron chi connectivity index (χ4n) is 2.82. The zero-order valence-corrected chi connectivity index (χ0v) is 13.9. The van der Waals surface area contributed by atoms with Crippen LogP contribution in [0.15, 0.2) is 18.2 Å². The Balaban J connectivity index is 2.73. The van der Waals surface area contributed by atoms with Crippen molar-refractivity contribution in [1.82, 2.24) is 0 Å². The number of carbonyl (C=O) groups is 2. The number of amides is 1. The first kappa shape index (κ1) is 17.0. The van der Waals surface area contributed by atoms with Crippen LogP contribution in [0.1, 0.15) is 29.3 Å². The van der Waals surface area contributed by atoms with Crippen molar-refractivity contribution in [3.8, 4) is 24.7 Å². The molecular formula is C18H17NO3S. The zero-order valence-electron chi connectivity index (χ0n) is 13.1. The van der Waals surface area contributed by atoms with Crippen LogP contribution < -0.4 is 4.90 Å². The first-order chi connectivity index (χ1) is 11.1. The minimum absolute atomic E-state index is 0.130. The Morgan fingerprint density at radius 1 is 1.39 bits per heavy atom. The molecule has 0 bridgehead atoms. The minimum Gasteiger partial charge on any atom is -0.462 e. The average Bonchev–Trinajstić information content (AvgIpc) is 2.79. The van der Waals surface area contributed by atoms with Gasteiger partial charge in [-0.15, -0.1) is 30.5 Å². The Kier molecular flexibility index (Phi) is 5.03. The lowest BCUT2D eigenvalue weighted by Gasteiger charge is -2.25. The quantitative estimate of drug-likeness (QED) is 0.615. The third kappa shape index (κ3) is 2.58. The minimum atomic E-state index is -1.01. The van der Waals surface area contributed by atoms with Gasteiger partial charge in [0, 0.05) is 12.0 Å². The lowest BCUT2D eigenvalue weighted by molar-refractivity contribution is -0.120. The number of fused-ring (bicyclic) bond motifs is 1. The second-order valence-corrected chi connectivity index (χ2v) is 6.03. The summed E-state index contributed by atoms with van der Waals surface area (Å²) in [5, 5.41) is 0. The summed E-state index contributed by atoms with van der Waals surface area (Å²) >= 11 is 1.32. The predicted octanol–water partition coefficient (Wildman–Crippen LogP) is 2.42. The first-order valence-corrected chi connectivity index (χ1v) is 8.34. The average molecular weight is 327 g/mol. The SMILES string of the molecule is C#CCN1C(=O)C(CC#C)(SC)c2c(C(=O)OCC)cccc21. The van der Waals surface area contributed by atoms with E-state index in [-0.39, 0.29) is 25.5 Å². The number of rotatable bonds is 5. The van der Waals surface area contributed by atoms with Crippen molar-refractivity contribution in [2.45, 2.75) is 18.1 Å². The molecular weight excluding hydrogens is 310 g/mol. The monoisotopic (exact) mass is 327 g/mol. The van der Waals surface area contributed by atoms with Crippen molar-refractivity contribution in [1.29, 1.82) is 0 Å². The van der Waals surface area contributed by atoms with Crippen LogP contribution in [0.2, 0.25) is 0 Å². The number of carbonyl (C=O) groups excluding carboxylic acids is 2. The van der Waals surface area contributed by atoms with E-state index in [0.717, 1.165) is 0 Å². The van der Waals surface area contributed by atoms with Gasteiger partial charge < -0.3 is 4.74 Å². The van der Waals surface area contributed by atoms with Crippen LogP contribution in [-0.4, -0.2) is 31.3 Å². The normalized spacial score (nSPS) is 19.0. The maximum Gasteiger partial charge on any atom is 0.338 e. The van der Waals surface area contributed by atoms with Gasteiger partial charge in [0.15, 0.2) is 0 Å². The van der Waals surface area contributed by atoms with Crippen LogP contribution in [0.3, 0.4) is 0 Å². The van der Waals surface area contributed by atoms with Crippen LogP contribution in [0.5, 0.6) is 0 Å². The standard InChI is InChI=1S/C18H17NO3S/c1-5-11-18(23-4)15-13(16(20)22-7-3)9-8-10-14(15)19(12-6-2)17(18)21/h1-2,8-10H,7,11-12H2,3-4H3. The Morgan fingerprint density at radius 2 is 2.13 bits per heavy atom. The maximum absolute atomic E-state index is 13.0. The lowest BCUT2D eigenvalue weighted by Crippen LogP contribution is -2.38. The van der Waals surface area contributed by atoms with Crippen LogP contribution >= 0.6 is 11.8 Å². The highest BCUT2D eigenvalue weighted by molar-refractivity contribution is 8.00. The second-order valence-electron chi connectivity index (χ2n) is 4.93. The van der Waals surface area contributed by atoms with Crippen molar-refractivity contribution in [3.63, 3.8) is 0 Å². The van der Waals surface area contributed by atoms with E-state index in [2.05, 4.69) is 11.8 Å². The van der Waals surface area contributed by atoms with Gasteiger partial charge in [0.1, 0.15) is 4.75 Å². The lowest BCUT2D eigenvalue weighted by atomic mass is 9.92. The number of esters is 1. The summed E-state index contributed by atoms with van der Waals surface area (Å²) in [6.45, 7) is 2.12. The Bertz CT molecular complexity index is 729. The summed E-state index contributed by atoms with van der Waals surface area (Å²) in [5.41, 5.74) is 1.59. The van der Waals surface area contributed by atoms with E-state index in [4.69, 9.17) is 17.6 Å². The molecule has 1 aromatic carbocycles.